The highest BCUT2D eigenvalue weighted by Crippen LogP contribution is 2.47. The fourth-order valence-electron chi connectivity index (χ4n) is 2.90. The summed E-state index contributed by atoms with van der Waals surface area (Å²) in [4.78, 5) is 0. The Labute approximate surface area is 139 Å². The van der Waals surface area contributed by atoms with Gasteiger partial charge < -0.3 is 28.4 Å². The fourth-order valence-corrected chi connectivity index (χ4v) is 2.90. The summed E-state index contributed by atoms with van der Waals surface area (Å²) in [5, 5.41) is 0. The molecule has 0 saturated heterocycles. The lowest BCUT2D eigenvalue weighted by Gasteiger charge is -2.23. The minimum Gasteiger partial charge on any atom is -0.496 e. The van der Waals surface area contributed by atoms with Gasteiger partial charge in [0.15, 0.2) is 23.0 Å². The van der Waals surface area contributed by atoms with Gasteiger partial charge in [-0.05, 0) is 12.1 Å². The molecule has 0 aliphatic carbocycles. The molecule has 0 fully saturated rings. The predicted octanol–water partition coefficient (Wildman–Crippen LogP) is 2.91. The van der Waals surface area contributed by atoms with Crippen molar-refractivity contribution < 1.29 is 28.4 Å². The zero-order valence-corrected chi connectivity index (χ0v) is 13.6. The molecule has 4 rings (SSSR count). The van der Waals surface area contributed by atoms with Crippen LogP contribution in [0.25, 0.3) is 11.1 Å². The Bertz CT molecular complexity index is 705. The van der Waals surface area contributed by atoms with Gasteiger partial charge in [-0.1, -0.05) is 0 Å². The number of rotatable bonds is 3. The summed E-state index contributed by atoms with van der Waals surface area (Å²) in [6.45, 7) is 2.11. The minimum absolute atomic E-state index is 0.525. The van der Waals surface area contributed by atoms with Gasteiger partial charge in [0, 0.05) is 23.3 Å². The van der Waals surface area contributed by atoms with E-state index in [1.54, 1.807) is 14.2 Å². The second kappa shape index (κ2) is 6.03. The molecular weight excluding hydrogens is 312 g/mol. The van der Waals surface area contributed by atoms with E-state index in [1.165, 1.54) is 0 Å². The summed E-state index contributed by atoms with van der Waals surface area (Å²) in [6.07, 6.45) is 0. The summed E-state index contributed by atoms with van der Waals surface area (Å²) in [5.41, 5.74) is 1.69. The molecule has 0 unspecified atom stereocenters. The largest absolute Gasteiger partial charge is 0.496 e. The highest BCUT2D eigenvalue weighted by molar-refractivity contribution is 5.81. The summed E-state index contributed by atoms with van der Waals surface area (Å²) in [7, 11) is 3.25. The topological polar surface area (TPSA) is 55.4 Å². The molecule has 0 radical (unpaired) electrons. The maximum absolute atomic E-state index is 5.69. The first kappa shape index (κ1) is 14.8. The smallest absolute Gasteiger partial charge is 0.165 e. The highest BCUT2D eigenvalue weighted by Gasteiger charge is 2.22. The van der Waals surface area contributed by atoms with Gasteiger partial charge in [0.2, 0.25) is 0 Å². The highest BCUT2D eigenvalue weighted by atomic mass is 16.6. The number of hydrogen-bond donors (Lipinski definition) is 0. The number of fused-ring (bicyclic) bond motifs is 2. The predicted molar refractivity (Wildman–Crippen MR) is 87.0 cm³/mol. The molecule has 2 aliphatic rings. The Morgan fingerprint density at radius 3 is 1.25 bits per heavy atom. The monoisotopic (exact) mass is 330 g/mol. The normalized spacial score (nSPS) is 14.9. The van der Waals surface area contributed by atoms with E-state index >= 15 is 0 Å². The van der Waals surface area contributed by atoms with Crippen molar-refractivity contribution in [2.75, 3.05) is 40.6 Å². The lowest BCUT2D eigenvalue weighted by atomic mass is 10.0. The SMILES string of the molecule is COc1cc2c(cc1-c1cc3c(cc1OC)OCCO3)OCCO2. The maximum atomic E-state index is 5.69. The van der Waals surface area contributed by atoms with Crippen LogP contribution in [0.4, 0.5) is 0 Å². The second-order valence-corrected chi connectivity index (χ2v) is 5.39. The van der Waals surface area contributed by atoms with Crippen LogP contribution >= 0.6 is 0 Å². The average molecular weight is 330 g/mol. The van der Waals surface area contributed by atoms with E-state index in [1.807, 2.05) is 24.3 Å². The van der Waals surface area contributed by atoms with Gasteiger partial charge in [0.1, 0.15) is 37.9 Å². The molecule has 0 N–H and O–H groups in total. The fraction of sp³-hybridized carbons (Fsp3) is 0.333. The Kier molecular flexibility index (Phi) is 3.72. The molecule has 0 saturated carbocycles. The van der Waals surface area contributed by atoms with Gasteiger partial charge in [0.05, 0.1) is 14.2 Å². The van der Waals surface area contributed by atoms with E-state index in [4.69, 9.17) is 28.4 Å². The van der Waals surface area contributed by atoms with Gasteiger partial charge in [0.25, 0.3) is 0 Å². The molecule has 2 heterocycles. The zero-order chi connectivity index (χ0) is 16.5. The van der Waals surface area contributed by atoms with Crippen LogP contribution in [-0.4, -0.2) is 40.6 Å². The number of benzene rings is 2. The summed E-state index contributed by atoms with van der Waals surface area (Å²) in [6, 6.07) is 7.47. The number of hydrogen-bond acceptors (Lipinski definition) is 6. The van der Waals surface area contributed by atoms with E-state index in [9.17, 15) is 0 Å². The summed E-state index contributed by atoms with van der Waals surface area (Å²) >= 11 is 0. The van der Waals surface area contributed by atoms with Crippen molar-refractivity contribution in [1.29, 1.82) is 0 Å². The van der Waals surface area contributed by atoms with Crippen molar-refractivity contribution in [2.45, 2.75) is 0 Å². The van der Waals surface area contributed by atoms with Crippen molar-refractivity contribution in [2.24, 2.45) is 0 Å². The molecule has 6 heteroatoms. The molecule has 6 nitrogen and oxygen atoms in total. The van der Waals surface area contributed by atoms with Crippen molar-refractivity contribution >= 4 is 0 Å². The van der Waals surface area contributed by atoms with E-state index in [0.717, 1.165) is 11.1 Å². The van der Waals surface area contributed by atoms with Crippen LogP contribution in [0.1, 0.15) is 0 Å². The number of methoxy groups -OCH3 is 2. The van der Waals surface area contributed by atoms with Crippen LogP contribution in [-0.2, 0) is 0 Å². The second-order valence-electron chi connectivity index (χ2n) is 5.39. The Morgan fingerprint density at radius 2 is 0.917 bits per heavy atom. The van der Waals surface area contributed by atoms with Gasteiger partial charge in [-0.25, -0.2) is 0 Å². The van der Waals surface area contributed by atoms with E-state index < -0.39 is 0 Å². The first-order valence-electron chi connectivity index (χ1n) is 7.76. The van der Waals surface area contributed by atoms with Crippen molar-refractivity contribution in [3.05, 3.63) is 24.3 Å². The standard InChI is InChI=1S/C18H18O6/c1-19-13-9-17-15(21-3-5-23-17)7-11(13)12-8-16-18(10-14(12)20-2)24-6-4-22-16/h7-10H,3-6H2,1-2H3. The summed E-state index contributed by atoms with van der Waals surface area (Å²) < 4.78 is 33.7. The molecule has 0 atom stereocenters. The zero-order valence-electron chi connectivity index (χ0n) is 13.6. The van der Waals surface area contributed by atoms with Crippen molar-refractivity contribution in [1.82, 2.24) is 0 Å². The van der Waals surface area contributed by atoms with Gasteiger partial charge in [-0.3, -0.25) is 0 Å². The maximum Gasteiger partial charge on any atom is 0.165 e. The lowest BCUT2D eigenvalue weighted by Crippen LogP contribution is -2.16. The molecule has 2 aromatic rings. The Hall–Kier alpha value is -2.76. The van der Waals surface area contributed by atoms with E-state index in [0.29, 0.717) is 60.9 Å². The van der Waals surface area contributed by atoms with Crippen LogP contribution in [0.15, 0.2) is 24.3 Å². The molecular formula is C18H18O6. The first-order valence-corrected chi connectivity index (χ1v) is 7.76. The quantitative estimate of drug-likeness (QED) is 0.862. The van der Waals surface area contributed by atoms with Crippen molar-refractivity contribution in [3.63, 3.8) is 0 Å². The molecule has 0 aromatic heterocycles. The van der Waals surface area contributed by atoms with Gasteiger partial charge in [-0.2, -0.15) is 0 Å². The Balaban J connectivity index is 1.88. The van der Waals surface area contributed by atoms with Crippen LogP contribution in [0.5, 0.6) is 34.5 Å². The van der Waals surface area contributed by atoms with E-state index in [2.05, 4.69) is 0 Å². The van der Waals surface area contributed by atoms with Crippen LogP contribution in [0.2, 0.25) is 0 Å². The Morgan fingerprint density at radius 1 is 0.583 bits per heavy atom. The third-order valence-electron chi connectivity index (χ3n) is 4.02. The minimum atomic E-state index is 0.525. The third kappa shape index (κ3) is 2.44. The first-order chi connectivity index (χ1) is 11.8. The number of ether oxygens (including phenoxy) is 6. The third-order valence-corrected chi connectivity index (χ3v) is 4.02. The summed E-state index contributed by atoms with van der Waals surface area (Å²) in [5.74, 6) is 4.09. The molecule has 2 aromatic carbocycles. The molecule has 24 heavy (non-hydrogen) atoms. The molecule has 0 spiro atoms. The lowest BCUT2D eigenvalue weighted by molar-refractivity contribution is 0.170. The van der Waals surface area contributed by atoms with Crippen LogP contribution < -0.4 is 28.4 Å². The van der Waals surface area contributed by atoms with Crippen molar-refractivity contribution in [3.8, 4) is 45.6 Å². The molecule has 0 amide bonds. The van der Waals surface area contributed by atoms with Gasteiger partial charge in [-0.15, -0.1) is 0 Å². The molecule has 2 aliphatic heterocycles. The van der Waals surface area contributed by atoms with E-state index in [-0.39, 0.29) is 0 Å². The molecule has 0 bridgehead atoms. The van der Waals surface area contributed by atoms with Crippen LogP contribution in [0, 0.1) is 0 Å². The van der Waals surface area contributed by atoms with Gasteiger partial charge >= 0.3 is 0 Å². The molecule has 126 valence electrons. The van der Waals surface area contributed by atoms with Crippen LogP contribution in [0.3, 0.4) is 0 Å². The average Bonchev–Trinajstić information content (AvgIpc) is 2.65.